The van der Waals surface area contributed by atoms with Crippen molar-refractivity contribution in [3.63, 3.8) is 0 Å². The largest absolute Gasteiger partial charge is 0.451 e. The number of halogens is 2. The lowest BCUT2D eigenvalue weighted by Crippen LogP contribution is -2.34. The van der Waals surface area contributed by atoms with E-state index in [1.54, 1.807) is 24.1 Å². The van der Waals surface area contributed by atoms with Crippen molar-refractivity contribution in [2.45, 2.75) is 33.2 Å². The summed E-state index contributed by atoms with van der Waals surface area (Å²) in [6.07, 6.45) is 0.769. The van der Waals surface area contributed by atoms with Crippen molar-refractivity contribution < 1.29 is 9.21 Å². The normalized spacial score (nSPS) is 12.3. The van der Waals surface area contributed by atoms with Crippen molar-refractivity contribution in [1.29, 1.82) is 0 Å². The molecule has 0 aliphatic heterocycles. The minimum absolute atomic E-state index is 0. The Labute approximate surface area is 148 Å². The molecule has 1 aromatic carbocycles. The van der Waals surface area contributed by atoms with Crippen LogP contribution in [0.5, 0.6) is 0 Å². The highest BCUT2D eigenvalue weighted by molar-refractivity contribution is 6.31. The summed E-state index contributed by atoms with van der Waals surface area (Å²) in [5.41, 5.74) is 7.54. The standard InChI is InChI=1S/C17H23ClN2O2.ClH/c1-10(2)14(19)7-8-20(4)17(21)16-11(3)13-9-12(18)5-6-15(13)22-16;/h5-6,9-10,14H,7-8,19H2,1-4H3;1H. The fourth-order valence-electron chi connectivity index (χ4n) is 2.35. The van der Waals surface area contributed by atoms with Gasteiger partial charge in [0.25, 0.3) is 5.91 Å². The highest BCUT2D eigenvalue weighted by atomic mass is 35.5. The molecule has 0 aliphatic rings. The van der Waals surface area contributed by atoms with E-state index in [1.807, 2.05) is 13.0 Å². The highest BCUT2D eigenvalue weighted by Gasteiger charge is 2.21. The lowest BCUT2D eigenvalue weighted by Gasteiger charge is -2.21. The number of fused-ring (bicyclic) bond motifs is 1. The third-order valence-corrected chi connectivity index (χ3v) is 4.33. The van der Waals surface area contributed by atoms with Crippen LogP contribution >= 0.6 is 24.0 Å². The Morgan fingerprint density at radius 2 is 2.04 bits per heavy atom. The van der Waals surface area contributed by atoms with Crippen LogP contribution in [0.2, 0.25) is 5.02 Å². The van der Waals surface area contributed by atoms with Crippen molar-refractivity contribution in [3.05, 3.63) is 34.5 Å². The molecular weight excluding hydrogens is 335 g/mol. The topological polar surface area (TPSA) is 59.5 Å². The monoisotopic (exact) mass is 358 g/mol. The first-order valence-corrected chi connectivity index (χ1v) is 7.88. The zero-order valence-electron chi connectivity index (χ0n) is 13.9. The molecule has 4 nitrogen and oxygen atoms in total. The number of benzene rings is 1. The zero-order valence-corrected chi connectivity index (χ0v) is 15.5. The van der Waals surface area contributed by atoms with Crippen molar-refractivity contribution >= 4 is 40.9 Å². The van der Waals surface area contributed by atoms with Gasteiger partial charge in [-0.15, -0.1) is 12.4 Å². The number of furan rings is 1. The molecule has 0 fully saturated rings. The molecule has 2 rings (SSSR count). The highest BCUT2D eigenvalue weighted by Crippen LogP contribution is 2.28. The SMILES string of the molecule is Cc1c(C(=O)N(C)CCC(N)C(C)C)oc2ccc(Cl)cc12.Cl. The molecule has 0 aliphatic carbocycles. The van der Waals surface area contributed by atoms with Crippen LogP contribution in [-0.2, 0) is 0 Å². The minimum Gasteiger partial charge on any atom is -0.451 e. The molecule has 0 radical (unpaired) electrons. The number of rotatable bonds is 5. The van der Waals surface area contributed by atoms with E-state index < -0.39 is 0 Å². The average molecular weight is 359 g/mol. The van der Waals surface area contributed by atoms with Gasteiger partial charge in [-0.25, -0.2) is 0 Å². The number of carbonyl (C=O) groups is 1. The molecular formula is C17H24Cl2N2O2. The van der Waals surface area contributed by atoms with Crippen molar-refractivity contribution in [2.24, 2.45) is 11.7 Å². The van der Waals surface area contributed by atoms with Gasteiger partial charge in [0.2, 0.25) is 0 Å². The van der Waals surface area contributed by atoms with Crippen LogP contribution in [0.15, 0.2) is 22.6 Å². The lowest BCUT2D eigenvalue weighted by molar-refractivity contribution is 0.0759. The van der Waals surface area contributed by atoms with Crippen LogP contribution in [0, 0.1) is 12.8 Å². The number of carbonyl (C=O) groups excluding carboxylic acids is 1. The van der Waals surface area contributed by atoms with Crippen LogP contribution in [0.3, 0.4) is 0 Å². The molecule has 1 heterocycles. The summed E-state index contributed by atoms with van der Waals surface area (Å²) in [6, 6.07) is 5.45. The molecule has 0 saturated carbocycles. The lowest BCUT2D eigenvalue weighted by atomic mass is 10.0. The molecule has 23 heavy (non-hydrogen) atoms. The predicted molar refractivity (Wildman–Crippen MR) is 97.6 cm³/mol. The fraction of sp³-hybridized carbons (Fsp3) is 0.471. The number of nitrogens with two attached hydrogens (primary N) is 1. The van der Waals surface area contributed by atoms with Crippen molar-refractivity contribution in [1.82, 2.24) is 4.90 Å². The van der Waals surface area contributed by atoms with Gasteiger partial charge in [0.05, 0.1) is 0 Å². The summed E-state index contributed by atoms with van der Waals surface area (Å²) >= 11 is 6.01. The van der Waals surface area contributed by atoms with Crippen molar-refractivity contribution in [3.8, 4) is 0 Å². The maximum Gasteiger partial charge on any atom is 0.289 e. The third-order valence-electron chi connectivity index (χ3n) is 4.09. The summed E-state index contributed by atoms with van der Waals surface area (Å²) in [7, 11) is 1.77. The van der Waals surface area contributed by atoms with Gasteiger partial charge in [-0.2, -0.15) is 0 Å². The van der Waals surface area contributed by atoms with E-state index in [9.17, 15) is 4.79 Å². The number of hydrogen-bond donors (Lipinski definition) is 1. The van der Waals surface area contributed by atoms with E-state index in [2.05, 4.69) is 13.8 Å². The Hall–Kier alpha value is -1.23. The van der Waals surface area contributed by atoms with Crippen molar-refractivity contribution in [2.75, 3.05) is 13.6 Å². The number of amides is 1. The maximum absolute atomic E-state index is 12.6. The van der Waals surface area contributed by atoms with Gasteiger partial charge in [0, 0.05) is 35.6 Å². The van der Waals surface area contributed by atoms with Gasteiger partial charge >= 0.3 is 0 Å². The summed E-state index contributed by atoms with van der Waals surface area (Å²) < 4.78 is 5.71. The third kappa shape index (κ3) is 4.40. The van der Waals surface area contributed by atoms with Gasteiger partial charge < -0.3 is 15.1 Å². The Kier molecular flexibility index (Phi) is 6.93. The molecule has 0 saturated heterocycles. The van der Waals surface area contributed by atoms with Gasteiger partial charge in [0.1, 0.15) is 5.58 Å². The summed E-state index contributed by atoms with van der Waals surface area (Å²) in [5.74, 6) is 0.650. The van der Waals surface area contributed by atoms with Gasteiger partial charge in [-0.3, -0.25) is 4.79 Å². The Bertz CT molecular complexity index is 683. The molecule has 2 aromatic rings. The van der Waals surface area contributed by atoms with E-state index in [-0.39, 0.29) is 24.4 Å². The van der Waals surface area contributed by atoms with Crippen LogP contribution in [-0.4, -0.2) is 30.4 Å². The second kappa shape index (κ2) is 8.04. The van der Waals surface area contributed by atoms with E-state index in [4.69, 9.17) is 21.8 Å². The zero-order chi connectivity index (χ0) is 16.4. The number of hydrogen-bond acceptors (Lipinski definition) is 3. The second-order valence-electron chi connectivity index (χ2n) is 6.12. The molecule has 1 atom stereocenters. The Balaban J connectivity index is 0.00000264. The number of nitrogens with zero attached hydrogens (tertiary/aromatic N) is 1. The van der Waals surface area contributed by atoms with Gasteiger partial charge in [0.15, 0.2) is 5.76 Å². The predicted octanol–water partition coefficient (Wildman–Crippen LogP) is 4.26. The van der Waals surface area contributed by atoms with Gasteiger partial charge in [-0.05, 0) is 37.5 Å². The molecule has 1 unspecified atom stereocenters. The molecule has 0 spiro atoms. The molecule has 1 aromatic heterocycles. The Morgan fingerprint density at radius 3 is 2.65 bits per heavy atom. The molecule has 0 bridgehead atoms. The van der Waals surface area contributed by atoms with Crippen LogP contribution in [0.4, 0.5) is 0 Å². The van der Waals surface area contributed by atoms with Crippen LogP contribution < -0.4 is 5.73 Å². The second-order valence-corrected chi connectivity index (χ2v) is 6.56. The van der Waals surface area contributed by atoms with Crippen LogP contribution in [0.1, 0.15) is 36.4 Å². The summed E-state index contributed by atoms with van der Waals surface area (Å²) in [6.45, 7) is 6.65. The molecule has 6 heteroatoms. The average Bonchev–Trinajstić information content (AvgIpc) is 2.80. The van der Waals surface area contributed by atoms with E-state index in [1.165, 1.54) is 0 Å². The smallest absolute Gasteiger partial charge is 0.289 e. The summed E-state index contributed by atoms with van der Waals surface area (Å²) in [4.78, 5) is 14.2. The van der Waals surface area contributed by atoms with Gasteiger partial charge in [-0.1, -0.05) is 25.4 Å². The van der Waals surface area contributed by atoms with Crippen LogP contribution in [0.25, 0.3) is 11.0 Å². The maximum atomic E-state index is 12.6. The fourth-order valence-corrected chi connectivity index (χ4v) is 2.52. The first kappa shape index (κ1) is 19.8. The molecule has 128 valence electrons. The van der Waals surface area contributed by atoms with E-state index in [0.29, 0.717) is 28.8 Å². The van der Waals surface area contributed by atoms with E-state index >= 15 is 0 Å². The molecule has 1 amide bonds. The summed E-state index contributed by atoms with van der Waals surface area (Å²) in [5, 5.41) is 1.51. The quantitative estimate of drug-likeness (QED) is 0.868. The first-order valence-electron chi connectivity index (χ1n) is 7.51. The first-order chi connectivity index (χ1) is 10.3. The minimum atomic E-state index is -0.124. The molecule has 2 N–H and O–H groups in total. The van der Waals surface area contributed by atoms with E-state index in [0.717, 1.165) is 17.4 Å². The number of aryl methyl sites for hydroxylation is 1. The Morgan fingerprint density at radius 1 is 1.39 bits per heavy atom.